The van der Waals surface area contributed by atoms with Crippen LogP contribution in [0.2, 0.25) is 0 Å². The van der Waals surface area contributed by atoms with Crippen molar-refractivity contribution in [3.63, 3.8) is 0 Å². The molecule has 0 saturated heterocycles. The van der Waals surface area contributed by atoms with E-state index in [-0.39, 0.29) is 35.3 Å². The summed E-state index contributed by atoms with van der Waals surface area (Å²) in [5, 5.41) is 7.81. The lowest BCUT2D eigenvalue weighted by Gasteiger charge is -2.18. The fourth-order valence-electron chi connectivity index (χ4n) is 7.49. The van der Waals surface area contributed by atoms with Gasteiger partial charge in [0.15, 0.2) is 0 Å². The third kappa shape index (κ3) is 4.40. The van der Waals surface area contributed by atoms with Crippen molar-refractivity contribution in [1.82, 2.24) is 0 Å². The van der Waals surface area contributed by atoms with Gasteiger partial charge in [-0.3, -0.25) is 0 Å². The van der Waals surface area contributed by atoms with Crippen LogP contribution in [0.15, 0.2) is 186 Å². The maximum atomic E-state index is 9.54. The minimum absolute atomic E-state index is 0.0891. The Bertz CT molecular complexity index is 3020. The van der Waals surface area contributed by atoms with Gasteiger partial charge in [-0.2, -0.15) is 0 Å². The van der Waals surface area contributed by atoms with Gasteiger partial charge in [0, 0.05) is 21.9 Å². The molecule has 0 spiro atoms. The predicted octanol–water partition coefficient (Wildman–Crippen LogP) is 13.7. The summed E-state index contributed by atoms with van der Waals surface area (Å²) in [5.41, 5.74) is 7.10. The number of para-hydroxylation sites is 2. The second-order valence-electron chi connectivity index (χ2n) is 12.5. The Morgan fingerprint density at radius 1 is 0.327 bits per heavy atom. The number of hydrogen-bond donors (Lipinski definition) is 0. The first-order valence-electron chi connectivity index (χ1n) is 18.5. The van der Waals surface area contributed by atoms with Crippen LogP contribution in [0.3, 0.4) is 0 Å². The zero-order valence-electron chi connectivity index (χ0n) is 30.4. The van der Waals surface area contributed by atoms with Crippen molar-refractivity contribution in [3.8, 4) is 44.5 Å². The van der Waals surface area contributed by atoms with E-state index in [0.29, 0.717) is 22.3 Å². The summed E-state index contributed by atoms with van der Waals surface area (Å²) in [5.74, 6) is 0. The van der Waals surface area contributed by atoms with Crippen molar-refractivity contribution in [2.24, 2.45) is 0 Å². The van der Waals surface area contributed by atoms with Crippen molar-refractivity contribution in [1.29, 1.82) is 0 Å². The van der Waals surface area contributed by atoms with E-state index in [4.69, 9.17) is 4.42 Å². The molecule has 0 N–H and O–H groups in total. The fraction of sp³-hybridized carbons (Fsp3) is 0. The number of hydrogen-bond acceptors (Lipinski definition) is 1. The smallest absolute Gasteiger partial charge is 0.143 e. The van der Waals surface area contributed by atoms with Crippen molar-refractivity contribution in [2.45, 2.75) is 0 Å². The van der Waals surface area contributed by atoms with Gasteiger partial charge in [-0.05, 0) is 71.8 Å². The van der Waals surface area contributed by atoms with Gasteiger partial charge in [0.05, 0.1) is 5.48 Å². The molecule has 49 heavy (non-hydrogen) atoms. The fourth-order valence-corrected chi connectivity index (χ4v) is 7.49. The quantitative estimate of drug-likeness (QED) is 0.177. The van der Waals surface area contributed by atoms with Gasteiger partial charge in [-0.1, -0.05) is 176 Å². The highest BCUT2D eigenvalue weighted by Gasteiger charge is 2.18. The SMILES string of the molecule is [2H]c1c([2H])c(-c2cccc3c2oc2c(-c4ccc5ccccc5c4)cccc23)c([2H])c([2H])c1-c1c2ccccc2c(-c2ccccc2)c2ccccc12. The molecule has 0 aliphatic rings. The van der Waals surface area contributed by atoms with Crippen LogP contribution in [0, 0.1) is 0 Å². The molecule has 0 amide bonds. The number of fused-ring (bicyclic) bond motifs is 6. The monoisotopic (exact) mass is 626 g/mol. The second-order valence-corrected chi connectivity index (χ2v) is 12.5. The van der Waals surface area contributed by atoms with E-state index in [2.05, 4.69) is 60.7 Å². The third-order valence-electron chi connectivity index (χ3n) is 9.72. The van der Waals surface area contributed by atoms with Gasteiger partial charge >= 0.3 is 0 Å². The third-order valence-corrected chi connectivity index (χ3v) is 9.72. The van der Waals surface area contributed by atoms with E-state index in [9.17, 15) is 5.48 Å². The van der Waals surface area contributed by atoms with Crippen LogP contribution in [0.4, 0.5) is 0 Å². The van der Waals surface area contributed by atoms with Crippen LogP contribution in [-0.2, 0) is 0 Å². The molecule has 0 atom stereocenters. The molecule has 0 aliphatic heterocycles. The molecule has 0 fully saturated rings. The molecule has 0 radical (unpaired) electrons. The Morgan fingerprint density at radius 2 is 0.796 bits per heavy atom. The summed E-state index contributed by atoms with van der Waals surface area (Å²) in [6, 6.07) is 52.5. The Morgan fingerprint density at radius 3 is 1.41 bits per heavy atom. The molecule has 0 aliphatic carbocycles. The molecule has 1 heteroatoms. The minimum Gasteiger partial charge on any atom is -0.455 e. The molecule has 10 aromatic rings. The molecule has 1 aromatic heterocycles. The number of rotatable bonds is 4. The van der Waals surface area contributed by atoms with Crippen molar-refractivity contribution in [3.05, 3.63) is 182 Å². The number of benzene rings is 9. The van der Waals surface area contributed by atoms with Gasteiger partial charge in [-0.15, -0.1) is 0 Å². The first-order valence-corrected chi connectivity index (χ1v) is 16.5. The van der Waals surface area contributed by atoms with Crippen LogP contribution >= 0.6 is 0 Å². The molecular formula is C48H30O. The molecule has 0 saturated carbocycles. The Balaban J connectivity index is 1.22. The lowest BCUT2D eigenvalue weighted by atomic mass is 9.85. The van der Waals surface area contributed by atoms with Gasteiger partial charge in [0.1, 0.15) is 11.2 Å². The highest BCUT2D eigenvalue weighted by Crippen LogP contribution is 2.45. The van der Waals surface area contributed by atoms with Gasteiger partial charge in [0.25, 0.3) is 0 Å². The van der Waals surface area contributed by atoms with E-state index in [1.165, 1.54) is 0 Å². The van der Waals surface area contributed by atoms with Crippen molar-refractivity contribution >= 4 is 54.3 Å². The summed E-state index contributed by atoms with van der Waals surface area (Å²) < 4.78 is 44.8. The Kier molecular flexibility index (Phi) is 5.38. The van der Waals surface area contributed by atoms with Crippen LogP contribution in [0.25, 0.3) is 98.8 Å². The van der Waals surface area contributed by atoms with Crippen molar-refractivity contribution < 1.29 is 9.90 Å². The van der Waals surface area contributed by atoms with Crippen LogP contribution in [0.5, 0.6) is 0 Å². The molecule has 9 aromatic carbocycles. The lowest BCUT2D eigenvalue weighted by Crippen LogP contribution is -1.90. The minimum atomic E-state index is -0.107. The van der Waals surface area contributed by atoms with E-state index in [0.717, 1.165) is 65.3 Å². The van der Waals surface area contributed by atoms with Gasteiger partial charge in [0.2, 0.25) is 0 Å². The highest BCUT2D eigenvalue weighted by molar-refractivity contribution is 6.21. The normalized spacial score (nSPS) is 12.8. The van der Waals surface area contributed by atoms with Crippen molar-refractivity contribution in [2.75, 3.05) is 0 Å². The largest absolute Gasteiger partial charge is 0.455 e. The van der Waals surface area contributed by atoms with Gasteiger partial charge < -0.3 is 4.42 Å². The van der Waals surface area contributed by atoms with Crippen LogP contribution in [-0.4, -0.2) is 0 Å². The Labute approximate surface area is 289 Å². The molecule has 1 heterocycles. The van der Waals surface area contributed by atoms with Gasteiger partial charge in [-0.25, -0.2) is 0 Å². The average Bonchev–Trinajstić information content (AvgIpc) is 3.60. The first kappa shape index (κ1) is 23.8. The molecule has 228 valence electrons. The maximum absolute atomic E-state index is 9.54. The van der Waals surface area contributed by atoms with Crippen LogP contribution < -0.4 is 0 Å². The van der Waals surface area contributed by atoms with E-state index in [1.54, 1.807) is 0 Å². The zero-order valence-corrected chi connectivity index (χ0v) is 26.4. The molecular weight excluding hydrogens is 593 g/mol. The first-order chi connectivity index (χ1) is 26.0. The summed E-state index contributed by atoms with van der Waals surface area (Å²) in [7, 11) is 0. The molecule has 10 rings (SSSR count). The van der Waals surface area contributed by atoms with E-state index < -0.39 is 0 Å². The zero-order chi connectivity index (χ0) is 35.8. The predicted molar refractivity (Wildman–Crippen MR) is 208 cm³/mol. The topological polar surface area (TPSA) is 13.1 Å². The summed E-state index contributed by atoms with van der Waals surface area (Å²) in [6.07, 6.45) is 0. The standard InChI is InChI=1S/C48H30O/c1-2-13-33(14-3-1)45-39-16-6-8-18-41(39)46(42-19-9-7-17-40(42)45)34-27-25-32(26-28-34)37-20-10-22-43-44-23-11-21-38(48(44)49-47(37)43)36-29-24-31-12-4-5-15-35(31)30-36/h1-30H/i25D,26D,27D,28D. The summed E-state index contributed by atoms with van der Waals surface area (Å²) >= 11 is 0. The lowest BCUT2D eigenvalue weighted by molar-refractivity contribution is 0.671. The highest BCUT2D eigenvalue weighted by atomic mass is 16.3. The molecule has 0 bridgehead atoms. The molecule has 1 nitrogen and oxygen atoms in total. The van der Waals surface area contributed by atoms with E-state index >= 15 is 0 Å². The maximum Gasteiger partial charge on any atom is 0.143 e. The second kappa shape index (κ2) is 11.1. The average molecular weight is 627 g/mol. The molecule has 0 unspecified atom stereocenters. The number of furan rings is 1. The Hall–Kier alpha value is -6.44. The van der Waals surface area contributed by atoms with E-state index in [1.807, 2.05) is 97.1 Å². The summed E-state index contributed by atoms with van der Waals surface area (Å²) in [6.45, 7) is 0. The van der Waals surface area contributed by atoms with Crippen LogP contribution in [0.1, 0.15) is 5.48 Å². The summed E-state index contributed by atoms with van der Waals surface area (Å²) in [4.78, 5) is 0.